The zero-order valence-electron chi connectivity index (χ0n) is 5.25. The minimum Gasteiger partial charge on any atom is -0.498 e. The van der Waals surface area contributed by atoms with Crippen molar-refractivity contribution in [1.82, 2.24) is 0 Å². The quantitative estimate of drug-likeness (QED) is 0.521. The molecule has 1 aliphatic rings. The van der Waals surface area contributed by atoms with Crippen LogP contribution < -0.4 is 0 Å². The lowest BCUT2D eigenvalue weighted by atomic mass is 10.2. The number of ether oxygens (including phenoxy) is 2. The summed E-state index contributed by atoms with van der Waals surface area (Å²) in [6.07, 6.45) is 6.19. The standard InChI is InChI=1S/C7H10O2/c1-2-9-7-4-3-5-8-6-7/h2-3,5,7H,1,4,6H2. The molecule has 0 aromatic carbocycles. The van der Waals surface area contributed by atoms with Crippen molar-refractivity contribution in [2.24, 2.45) is 0 Å². The second-order valence-electron chi connectivity index (χ2n) is 1.87. The number of hydrogen-bond donors (Lipinski definition) is 0. The molecule has 1 heterocycles. The van der Waals surface area contributed by atoms with Crippen LogP contribution in [0.5, 0.6) is 0 Å². The number of rotatable bonds is 2. The molecule has 0 saturated heterocycles. The molecule has 0 aromatic heterocycles. The molecule has 1 rings (SSSR count). The Morgan fingerprint density at radius 2 is 2.67 bits per heavy atom. The van der Waals surface area contributed by atoms with Crippen LogP contribution in [0.3, 0.4) is 0 Å². The van der Waals surface area contributed by atoms with E-state index in [1.807, 2.05) is 6.08 Å². The molecular formula is C7H10O2. The van der Waals surface area contributed by atoms with Gasteiger partial charge in [-0.15, -0.1) is 0 Å². The molecule has 0 radical (unpaired) electrons. The van der Waals surface area contributed by atoms with E-state index in [1.165, 1.54) is 6.26 Å². The molecule has 0 bridgehead atoms. The predicted octanol–water partition coefficient (Wildman–Crippen LogP) is 1.45. The van der Waals surface area contributed by atoms with Crippen LogP contribution >= 0.6 is 0 Å². The van der Waals surface area contributed by atoms with Crippen LogP contribution in [0.2, 0.25) is 0 Å². The van der Waals surface area contributed by atoms with Crippen LogP contribution in [0.15, 0.2) is 25.2 Å². The van der Waals surface area contributed by atoms with Gasteiger partial charge in [-0.3, -0.25) is 0 Å². The largest absolute Gasteiger partial charge is 0.498 e. The fourth-order valence-corrected chi connectivity index (χ4v) is 0.737. The van der Waals surface area contributed by atoms with Gasteiger partial charge in [0, 0.05) is 6.42 Å². The van der Waals surface area contributed by atoms with Crippen molar-refractivity contribution in [3.05, 3.63) is 25.2 Å². The van der Waals surface area contributed by atoms with E-state index in [0.29, 0.717) is 6.61 Å². The molecule has 0 amide bonds. The lowest BCUT2D eigenvalue weighted by molar-refractivity contribution is 0.0591. The van der Waals surface area contributed by atoms with E-state index < -0.39 is 0 Å². The van der Waals surface area contributed by atoms with Crippen LogP contribution in [-0.4, -0.2) is 12.7 Å². The third kappa shape index (κ3) is 1.80. The first-order chi connectivity index (χ1) is 4.43. The fraction of sp³-hybridized carbons (Fsp3) is 0.429. The van der Waals surface area contributed by atoms with E-state index in [9.17, 15) is 0 Å². The first-order valence-corrected chi connectivity index (χ1v) is 2.96. The van der Waals surface area contributed by atoms with E-state index >= 15 is 0 Å². The summed E-state index contributed by atoms with van der Waals surface area (Å²) in [6, 6.07) is 0. The van der Waals surface area contributed by atoms with Crippen molar-refractivity contribution in [1.29, 1.82) is 0 Å². The molecule has 1 unspecified atom stereocenters. The molecule has 1 aliphatic heterocycles. The smallest absolute Gasteiger partial charge is 0.135 e. The van der Waals surface area contributed by atoms with E-state index in [4.69, 9.17) is 9.47 Å². The van der Waals surface area contributed by atoms with E-state index in [1.54, 1.807) is 6.26 Å². The molecule has 2 heteroatoms. The zero-order valence-corrected chi connectivity index (χ0v) is 5.25. The second-order valence-corrected chi connectivity index (χ2v) is 1.87. The highest BCUT2D eigenvalue weighted by molar-refractivity contribution is 4.83. The Morgan fingerprint density at radius 1 is 1.78 bits per heavy atom. The van der Waals surface area contributed by atoms with Crippen molar-refractivity contribution in [2.45, 2.75) is 12.5 Å². The Morgan fingerprint density at radius 3 is 3.22 bits per heavy atom. The highest BCUT2D eigenvalue weighted by Crippen LogP contribution is 2.06. The van der Waals surface area contributed by atoms with Gasteiger partial charge in [-0.25, -0.2) is 0 Å². The maximum Gasteiger partial charge on any atom is 0.135 e. The minimum atomic E-state index is 0.174. The van der Waals surface area contributed by atoms with Crippen molar-refractivity contribution in [3.8, 4) is 0 Å². The molecule has 0 fully saturated rings. The molecular weight excluding hydrogens is 116 g/mol. The summed E-state index contributed by atoms with van der Waals surface area (Å²) in [5.74, 6) is 0. The van der Waals surface area contributed by atoms with Crippen molar-refractivity contribution in [3.63, 3.8) is 0 Å². The highest BCUT2D eigenvalue weighted by atomic mass is 16.5. The molecule has 0 saturated carbocycles. The maximum absolute atomic E-state index is 5.07. The van der Waals surface area contributed by atoms with Crippen LogP contribution in [0.1, 0.15) is 6.42 Å². The summed E-state index contributed by atoms with van der Waals surface area (Å²) in [4.78, 5) is 0. The van der Waals surface area contributed by atoms with Crippen molar-refractivity contribution >= 4 is 0 Å². The molecule has 0 aromatic rings. The summed E-state index contributed by atoms with van der Waals surface area (Å²) in [5.41, 5.74) is 0. The van der Waals surface area contributed by atoms with Gasteiger partial charge in [0.15, 0.2) is 0 Å². The molecule has 1 atom stereocenters. The Hall–Kier alpha value is -0.920. The average molecular weight is 126 g/mol. The van der Waals surface area contributed by atoms with Crippen molar-refractivity contribution < 1.29 is 9.47 Å². The van der Waals surface area contributed by atoms with Gasteiger partial charge in [-0.2, -0.15) is 0 Å². The second kappa shape index (κ2) is 3.17. The summed E-state index contributed by atoms with van der Waals surface area (Å²) in [6.45, 7) is 4.09. The summed E-state index contributed by atoms with van der Waals surface area (Å²) >= 11 is 0. The van der Waals surface area contributed by atoms with Gasteiger partial charge in [0.25, 0.3) is 0 Å². The van der Waals surface area contributed by atoms with Crippen LogP contribution in [0, 0.1) is 0 Å². The van der Waals surface area contributed by atoms with Gasteiger partial charge in [0.2, 0.25) is 0 Å². The zero-order chi connectivity index (χ0) is 6.53. The lowest BCUT2D eigenvalue weighted by Crippen LogP contribution is -2.17. The predicted molar refractivity (Wildman–Crippen MR) is 34.8 cm³/mol. The van der Waals surface area contributed by atoms with Gasteiger partial charge in [0.05, 0.1) is 12.5 Å². The summed E-state index contributed by atoms with van der Waals surface area (Å²) in [5, 5.41) is 0. The maximum atomic E-state index is 5.07. The van der Waals surface area contributed by atoms with E-state index in [-0.39, 0.29) is 6.10 Å². The van der Waals surface area contributed by atoms with Gasteiger partial charge >= 0.3 is 0 Å². The highest BCUT2D eigenvalue weighted by Gasteiger charge is 2.08. The normalized spacial score (nSPS) is 24.7. The Balaban J connectivity index is 2.26. The SMILES string of the molecule is C=COC1CC=COC1. The molecule has 2 nitrogen and oxygen atoms in total. The van der Waals surface area contributed by atoms with Gasteiger partial charge < -0.3 is 9.47 Å². The molecule has 0 spiro atoms. The average Bonchev–Trinajstić information content (AvgIpc) is 1.91. The monoisotopic (exact) mass is 126 g/mol. The summed E-state index contributed by atoms with van der Waals surface area (Å²) < 4.78 is 10.1. The van der Waals surface area contributed by atoms with Gasteiger partial charge in [0.1, 0.15) is 12.7 Å². The van der Waals surface area contributed by atoms with Gasteiger partial charge in [-0.1, -0.05) is 6.58 Å². The third-order valence-electron chi connectivity index (χ3n) is 1.16. The van der Waals surface area contributed by atoms with Crippen molar-refractivity contribution in [2.75, 3.05) is 6.61 Å². The lowest BCUT2D eigenvalue weighted by Gasteiger charge is -2.16. The minimum absolute atomic E-state index is 0.174. The van der Waals surface area contributed by atoms with Crippen LogP contribution in [0.4, 0.5) is 0 Å². The Kier molecular flexibility index (Phi) is 2.19. The van der Waals surface area contributed by atoms with E-state index in [0.717, 1.165) is 6.42 Å². The third-order valence-corrected chi connectivity index (χ3v) is 1.16. The Bertz CT molecular complexity index is 118. The first-order valence-electron chi connectivity index (χ1n) is 2.96. The number of hydrogen-bond acceptors (Lipinski definition) is 2. The van der Waals surface area contributed by atoms with Crippen LogP contribution in [-0.2, 0) is 9.47 Å². The molecule has 0 N–H and O–H groups in total. The Labute approximate surface area is 54.8 Å². The topological polar surface area (TPSA) is 18.5 Å². The first kappa shape index (κ1) is 6.20. The van der Waals surface area contributed by atoms with Crippen LogP contribution in [0.25, 0.3) is 0 Å². The fourth-order valence-electron chi connectivity index (χ4n) is 0.737. The molecule has 50 valence electrons. The molecule has 9 heavy (non-hydrogen) atoms. The van der Waals surface area contributed by atoms with E-state index in [2.05, 4.69) is 6.58 Å². The summed E-state index contributed by atoms with van der Waals surface area (Å²) in [7, 11) is 0. The van der Waals surface area contributed by atoms with Gasteiger partial charge in [-0.05, 0) is 6.08 Å². The molecule has 0 aliphatic carbocycles.